The molecule has 0 spiro atoms. The molecule has 0 aliphatic carbocycles. The number of amides is 2. The van der Waals surface area contributed by atoms with Gasteiger partial charge in [0, 0.05) is 13.0 Å². The third-order valence-corrected chi connectivity index (χ3v) is 4.06. The van der Waals surface area contributed by atoms with Crippen molar-refractivity contribution in [3.05, 3.63) is 35.4 Å². The van der Waals surface area contributed by atoms with Crippen LogP contribution in [0.1, 0.15) is 43.4 Å². The van der Waals surface area contributed by atoms with Crippen LogP contribution in [0.15, 0.2) is 24.3 Å². The molecule has 2 N–H and O–H groups in total. The van der Waals surface area contributed by atoms with Crippen LogP contribution in [0.25, 0.3) is 0 Å². The second-order valence-electron chi connectivity index (χ2n) is 5.67. The number of nitrogens with zero attached hydrogens (tertiary/aromatic N) is 1. The van der Waals surface area contributed by atoms with E-state index in [1.807, 2.05) is 24.3 Å². The fraction of sp³-hybridized carbons (Fsp3) is 0.529. The van der Waals surface area contributed by atoms with Crippen molar-refractivity contribution in [2.45, 2.75) is 38.6 Å². The second-order valence-corrected chi connectivity index (χ2v) is 5.67. The van der Waals surface area contributed by atoms with Crippen LogP contribution in [-0.4, -0.2) is 41.5 Å². The number of nitrogens with one attached hydrogen (secondary N) is 1. The first kappa shape index (κ1) is 16.5. The molecule has 1 aromatic rings. The summed E-state index contributed by atoms with van der Waals surface area (Å²) >= 11 is 0. The Morgan fingerprint density at radius 1 is 1.32 bits per heavy atom. The first-order chi connectivity index (χ1) is 10.6. The number of piperidine rings is 1. The van der Waals surface area contributed by atoms with Gasteiger partial charge in [0.05, 0.1) is 19.2 Å². The van der Waals surface area contributed by atoms with Crippen LogP contribution < -0.4 is 5.32 Å². The standard InChI is InChI=1S/C17H24N2O3/c1-2-13-6-8-14(9-7-13)15(12-20)18-16(21)11-19-10-4-3-5-17(19)22/h6-9,15,20H,2-5,10-12H2,1H3,(H,18,21). The normalized spacial score (nSPS) is 16.5. The van der Waals surface area contributed by atoms with E-state index in [1.165, 1.54) is 5.56 Å². The van der Waals surface area contributed by atoms with E-state index in [9.17, 15) is 14.7 Å². The van der Waals surface area contributed by atoms with Crippen LogP contribution in [0.5, 0.6) is 0 Å². The average molecular weight is 304 g/mol. The van der Waals surface area contributed by atoms with Gasteiger partial charge >= 0.3 is 0 Å². The molecule has 120 valence electrons. The Morgan fingerprint density at radius 2 is 2.05 bits per heavy atom. The number of hydrogen-bond acceptors (Lipinski definition) is 3. The van der Waals surface area contributed by atoms with Crippen molar-refractivity contribution >= 4 is 11.8 Å². The van der Waals surface area contributed by atoms with Gasteiger partial charge in [-0.25, -0.2) is 0 Å². The van der Waals surface area contributed by atoms with E-state index < -0.39 is 6.04 Å². The Kier molecular flexibility index (Phi) is 5.95. The zero-order valence-corrected chi connectivity index (χ0v) is 13.0. The van der Waals surface area contributed by atoms with Gasteiger partial charge in [-0.15, -0.1) is 0 Å². The summed E-state index contributed by atoms with van der Waals surface area (Å²) in [7, 11) is 0. The molecule has 0 radical (unpaired) electrons. The first-order valence-electron chi connectivity index (χ1n) is 7.91. The van der Waals surface area contributed by atoms with E-state index in [2.05, 4.69) is 12.2 Å². The van der Waals surface area contributed by atoms with Crippen molar-refractivity contribution in [1.29, 1.82) is 0 Å². The number of aliphatic hydroxyl groups is 1. The van der Waals surface area contributed by atoms with Crippen molar-refractivity contribution in [2.24, 2.45) is 0 Å². The molecule has 1 aliphatic rings. The molecule has 1 fully saturated rings. The summed E-state index contributed by atoms with van der Waals surface area (Å²) in [5.41, 5.74) is 2.09. The van der Waals surface area contributed by atoms with Gasteiger partial charge in [-0.1, -0.05) is 31.2 Å². The Morgan fingerprint density at radius 3 is 2.64 bits per heavy atom. The summed E-state index contributed by atoms with van der Waals surface area (Å²) < 4.78 is 0. The molecule has 2 rings (SSSR count). The largest absolute Gasteiger partial charge is 0.394 e. The average Bonchev–Trinajstić information content (AvgIpc) is 2.55. The molecule has 22 heavy (non-hydrogen) atoms. The van der Waals surface area contributed by atoms with Crippen molar-refractivity contribution in [1.82, 2.24) is 10.2 Å². The van der Waals surface area contributed by atoms with Gasteiger partial charge in [0.25, 0.3) is 0 Å². The number of rotatable bonds is 6. The van der Waals surface area contributed by atoms with Crippen LogP contribution in [0, 0.1) is 0 Å². The van der Waals surface area contributed by atoms with Crippen LogP contribution in [0.4, 0.5) is 0 Å². The first-order valence-corrected chi connectivity index (χ1v) is 7.91. The van der Waals surface area contributed by atoms with Crippen molar-refractivity contribution in [3.8, 4) is 0 Å². The molecule has 1 unspecified atom stereocenters. The molecule has 1 aliphatic heterocycles. The molecule has 1 atom stereocenters. The molecular formula is C17H24N2O3. The molecule has 1 heterocycles. The van der Waals surface area contributed by atoms with Crippen LogP contribution in [0.3, 0.4) is 0 Å². The lowest BCUT2D eigenvalue weighted by molar-refractivity contribution is -0.138. The minimum absolute atomic E-state index is 0.0363. The van der Waals surface area contributed by atoms with E-state index in [-0.39, 0.29) is 25.0 Å². The zero-order chi connectivity index (χ0) is 15.9. The van der Waals surface area contributed by atoms with Gasteiger partial charge < -0.3 is 15.3 Å². The number of carbonyl (C=O) groups is 2. The number of benzene rings is 1. The van der Waals surface area contributed by atoms with E-state index in [1.54, 1.807) is 4.90 Å². The summed E-state index contributed by atoms with van der Waals surface area (Å²) in [6, 6.07) is 7.41. The number of aliphatic hydroxyl groups excluding tert-OH is 1. The van der Waals surface area contributed by atoms with Crippen molar-refractivity contribution < 1.29 is 14.7 Å². The van der Waals surface area contributed by atoms with Crippen LogP contribution >= 0.6 is 0 Å². The molecule has 0 saturated carbocycles. The predicted octanol–water partition coefficient (Wildman–Crippen LogP) is 1.41. The van der Waals surface area contributed by atoms with Crippen molar-refractivity contribution in [3.63, 3.8) is 0 Å². The fourth-order valence-electron chi connectivity index (χ4n) is 2.66. The third kappa shape index (κ3) is 4.31. The fourth-order valence-corrected chi connectivity index (χ4v) is 2.66. The highest BCUT2D eigenvalue weighted by atomic mass is 16.3. The monoisotopic (exact) mass is 304 g/mol. The van der Waals surface area contributed by atoms with Gasteiger partial charge in [-0.2, -0.15) is 0 Å². The smallest absolute Gasteiger partial charge is 0.240 e. The number of carbonyl (C=O) groups excluding carboxylic acids is 2. The van der Waals surface area contributed by atoms with E-state index in [0.717, 1.165) is 24.8 Å². The summed E-state index contributed by atoms with van der Waals surface area (Å²) in [6.07, 6.45) is 3.32. The van der Waals surface area contributed by atoms with Crippen LogP contribution in [-0.2, 0) is 16.0 Å². The Balaban J connectivity index is 1.93. The number of aryl methyl sites for hydroxylation is 1. The summed E-state index contributed by atoms with van der Waals surface area (Å²) in [4.78, 5) is 25.4. The topological polar surface area (TPSA) is 69.6 Å². The maximum atomic E-state index is 12.1. The van der Waals surface area contributed by atoms with Gasteiger partial charge in [0.15, 0.2) is 0 Å². The summed E-state index contributed by atoms with van der Waals surface area (Å²) in [5.74, 6) is -0.192. The SMILES string of the molecule is CCc1ccc(C(CO)NC(=O)CN2CCCCC2=O)cc1. The lowest BCUT2D eigenvalue weighted by Gasteiger charge is -2.27. The summed E-state index contributed by atoms with van der Waals surface area (Å²) in [6.45, 7) is 2.63. The molecule has 5 heteroatoms. The van der Waals surface area contributed by atoms with E-state index in [0.29, 0.717) is 13.0 Å². The van der Waals surface area contributed by atoms with Gasteiger partial charge in [-0.05, 0) is 30.4 Å². The third-order valence-electron chi connectivity index (χ3n) is 4.06. The lowest BCUT2D eigenvalue weighted by Crippen LogP contribution is -2.44. The molecule has 0 aromatic heterocycles. The predicted molar refractivity (Wildman–Crippen MR) is 84.2 cm³/mol. The number of likely N-dealkylation sites (tertiary alicyclic amines) is 1. The Labute approximate surface area is 131 Å². The van der Waals surface area contributed by atoms with Gasteiger partial charge in [0.2, 0.25) is 11.8 Å². The Hall–Kier alpha value is -1.88. The van der Waals surface area contributed by atoms with Gasteiger partial charge in [0.1, 0.15) is 0 Å². The van der Waals surface area contributed by atoms with Crippen LogP contribution in [0.2, 0.25) is 0 Å². The maximum absolute atomic E-state index is 12.1. The van der Waals surface area contributed by atoms with E-state index in [4.69, 9.17) is 0 Å². The molecule has 1 saturated heterocycles. The van der Waals surface area contributed by atoms with Crippen molar-refractivity contribution in [2.75, 3.05) is 19.7 Å². The quantitative estimate of drug-likeness (QED) is 0.835. The zero-order valence-electron chi connectivity index (χ0n) is 13.0. The lowest BCUT2D eigenvalue weighted by atomic mass is 10.0. The van der Waals surface area contributed by atoms with Gasteiger partial charge in [-0.3, -0.25) is 9.59 Å². The maximum Gasteiger partial charge on any atom is 0.240 e. The van der Waals surface area contributed by atoms with E-state index >= 15 is 0 Å². The molecular weight excluding hydrogens is 280 g/mol. The second kappa shape index (κ2) is 7.94. The highest BCUT2D eigenvalue weighted by Gasteiger charge is 2.22. The Bertz CT molecular complexity index is 513. The minimum Gasteiger partial charge on any atom is -0.394 e. The highest BCUT2D eigenvalue weighted by Crippen LogP contribution is 2.15. The molecule has 2 amide bonds. The molecule has 0 bridgehead atoms. The number of hydrogen-bond donors (Lipinski definition) is 2. The summed E-state index contributed by atoms with van der Waals surface area (Å²) in [5, 5.41) is 12.3. The molecule has 1 aromatic carbocycles. The minimum atomic E-state index is -0.432. The molecule has 5 nitrogen and oxygen atoms in total. The highest BCUT2D eigenvalue weighted by molar-refractivity contribution is 5.85.